The Bertz CT molecular complexity index is 714. The third kappa shape index (κ3) is 3.71. The highest BCUT2D eigenvalue weighted by Gasteiger charge is 2.29. The van der Waals surface area contributed by atoms with E-state index in [0.717, 1.165) is 6.07 Å². The minimum absolute atomic E-state index is 0.0360. The number of guanidine groups is 1. The summed E-state index contributed by atoms with van der Waals surface area (Å²) < 4.78 is 14.4. The summed E-state index contributed by atoms with van der Waals surface area (Å²) in [6, 6.07) is 2.36. The van der Waals surface area contributed by atoms with Gasteiger partial charge in [-0.15, -0.1) is 0 Å². The number of hydrogen-bond acceptors (Lipinski definition) is 4. The molecule has 0 amide bonds. The number of benzene rings is 1. The Balaban J connectivity index is 2.42. The minimum Gasteiger partial charge on any atom is -0.478 e. The molecule has 9 nitrogen and oxygen atoms in total. The van der Waals surface area contributed by atoms with Gasteiger partial charge in [-0.25, -0.2) is 19.3 Å². The second-order valence-electron chi connectivity index (χ2n) is 5.37. The number of carbonyl (C=O) groups is 1. The van der Waals surface area contributed by atoms with Crippen LogP contribution in [0.4, 0.5) is 4.39 Å². The maximum absolute atomic E-state index is 14.4. The standard InChI is InChI=1S/C13H15ClFN5O4/c1-17-6-18(2)13(16-20(23)24)19(7-17)5-9-10(14)4-3-8(11(9)15)12(21)22/h3-4H,5-7H2,1-2H3,(H,21,22)/b16-13-. The number of aromatic carboxylic acids is 1. The van der Waals surface area contributed by atoms with Crippen LogP contribution in [0.25, 0.3) is 0 Å². The molecule has 1 N–H and O–H groups in total. The van der Waals surface area contributed by atoms with Crippen LogP contribution in [0.5, 0.6) is 0 Å². The van der Waals surface area contributed by atoms with Gasteiger partial charge >= 0.3 is 5.97 Å². The molecule has 0 aromatic heterocycles. The second kappa shape index (κ2) is 6.97. The number of carboxylic acids is 1. The molecule has 0 atom stereocenters. The third-order valence-electron chi connectivity index (χ3n) is 3.43. The van der Waals surface area contributed by atoms with Crippen molar-refractivity contribution < 1.29 is 19.3 Å². The highest BCUT2D eigenvalue weighted by molar-refractivity contribution is 6.31. The molecule has 11 heteroatoms. The molecule has 1 saturated heterocycles. The summed E-state index contributed by atoms with van der Waals surface area (Å²) >= 11 is 5.99. The molecule has 130 valence electrons. The zero-order chi connectivity index (χ0) is 18.0. The van der Waals surface area contributed by atoms with E-state index in [2.05, 4.69) is 5.10 Å². The molecule has 1 aromatic rings. The Labute approximate surface area is 141 Å². The van der Waals surface area contributed by atoms with E-state index in [0.29, 0.717) is 6.67 Å². The Hall–Kier alpha value is -2.46. The fraction of sp³-hybridized carbons (Fsp3) is 0.385. The summed E-state index contributed by atoms with van der Waals surface area (Å²) in [5.41, 5.74) is -0.572. The zero-order valence-electron chi connectivity index (χ0n) is 12.9. The highest BCUT2D eigenvalue weighted by atomic mass is 35.5. The number of rotatable bonds is 4. The molecule has 1 aliphatic rings. The van der Waals surface area contributed by atoms with Gasteiger partial charge in [0.15, 0.2) is 5.03 Å². The number of hydrazone groups is 1. The predicted octanol–water partition coefficient (Wildman–Crippen LogP) is 1.32. The van der Waals surface area contributed by atoms with Crippen molar-refractivity contribution in [1.29, 1.82) is 0 Å². The van der Waals surface area contributed by atoms with E-state index in [1.54, 1.807) is 14.1 Å². The van der Waals surface area contributed by atoms with Crippen LogP contribution in [0.2, 0.25) is 5.02 Å². The summed E-state index contributed by atoms with van der Waals surface area (Å²) in [6.45, 7) is 0.478. The molecule has 0 aliphatic carbocycles. The average Bonchev–Trinajstić information content (AvgIpc) is 2.46. The van der Waals surface area contributed by atoms with Crippen LogP contribution in [-0.2, 0) is 6.54 Å². The molecule has 0 unspecified atom stereocenters. The SMILES string of the molecule is CN1CN(C)/C(=N/[N+](=O)[O-])N(Cc2c(Cl)ccc(C(=O)O)c2F)C1. The molecule has 0 bridgehead atoms. The smallest absolute Gasteiger partial charge is 0.338 e. The quantitative estimate of drug-likeness (QED) is 0.638. The molecule has 2 rings (SSSR count). The van der Waals surface area contributed by atoms with Gasteiger partial charge < -0.3 is 14.9 Å². The first-order valence-corrected chi connectivity index (χ1v) is 7.16. The largest absolute Gasteiger partial charge is 0.478 e. The van der Waals surface area contributed by atoms with E-state index in [1.165, 1.54) is 15.9 Å². The topological polar surface area (TPSA) is 103 Å². The van der Waals surface area contributed by atoms with Crippen LogP contribution in [0.1, 0.15) is 15.9 Å². The lowest BCUT2D eigenvalue weighted by Crippen LogP contribution is -2.56. The predicted molar refractivity (Wildman–Crippen MR) is 83.6 cm³/mol. The first kappa shape index (κ1) is 17.9. The van der Waals surface area contributed by atoms with Crippen molar-refractivity contribution in [1.82, 2.24) is 14.7 Å². The van der Waals surface area contributed by atoms with Crippen LogP contribution < -0.4 is 0 Å². The van der Waals surface area contributed by atoms with Gasteiger partial charge in [-0.05, 0) is 19.2 Å². The molecule has 0 spiro atoms. The maximum Gasteiger partial charge on any atom is 0.338 e. The van der Waals surface area contributed by atoms with Gasteiger partial charge in [0.2, 0.25) is 0 Å². The van der Waals surface area contributed by atoms with Crippen molar-refractivity contribution in [2.24, 2.45) is 5.10 Å². The summed E-state index contributed by atoms with van der Waals surface area (Å²) in [4.78, 5) is 26.6. The maximum atomic E-state index is 14.4. The van der Waals surface area contributed by atoms with E-state index in [-0.39, 0.29) is 29.8 Å². The van der Waals surface area contributed by atoms with Gasteiger partial charge in [-0.1, -0.05) is 11.6 Å². The molecule has 0 radical (unpaired) electrons. The normalized spacial score (nSPS) is 17.4. The van der Waals surface area contributed by atoms with Crippen LogP contribution in [0.3, 0.4) is 0 Å². The van der Waals surface area contributed by atoms with Crippen LogP contribution in [0.15, 0.2) is 17.2 Å². The Morgan fingerprint density at radius 2 is 2.12 bits per heavy atom. The van der Waals surface area contributed by atoms with E-state index in [4.69, 9.17) is 16.7 Å². The molecule has 24 heavy (non-hydrogen) atoms. The minimum atomic E-state index is -1.42. The fourth-order valence-electron chi connectivity index (χ4n) is 2.50. The first-order chi connectivity index (χ1) is 11.2. The lowest BCUT2D eigenvalue weighted by atomic mass is 10.1. The molecule has 1 aliphatic heterocycles. The monoisotopic (exact) mass is 359 g/mol. The first-order valence-electron chi connectivity index (χ1n) is 6.78. The molecular formula is C13H15ClFN5O4. The van der Waals surface area contributed by atoms with Crippen LogP contribution >= 0.6 is 11.6 Å². The van der Waals surface area contributed by atoms with Crippen molar-refractivity contribution in [2.75, 3.05) is 27.4 Å². The summed E-state index contributed by atoms with van der Waals surface area (Å²) in [5, 5.41) is 22.3. The molecular weight excluding hydrogens is 345 g/mol. The average molecular weight is 360 g/mol. The van der Waals surface area contributed by atoms with Crippen molar-refractivity contribution >= 4 is 23.5 Å². The van der Waals surface area contributed by atoms with Crippen LogP contribution in [0, 0.1) is 15.9 Å². The second-order valence-corrected chi connectivity index (χ2v) is 5.77. The Morgan fingerprint density at radius 1 is 1.46 bits per heavy atom. The van der Waals surface area contributed by atoms with Gasteiger partial charge in [0, 0.05) is 17.6 Å². The number of nitrogens with zero attached hydrogens (tertiary/aromatic N) is 5. The van der Waals surface area contributed by atoms with Crippen molar-refractivity contribution in [3.8, 4) is 0 Å². The van der Waals surface area contributed by atoms with Gasteiger partial charge in [0.1, 0.15) is 10.9 Å². The van der Waals surface area contributed by atoms with E-state index in [9.17, 15) is 19.3 Å². The third-order valence-corrected chi connectivity index (χ3v) is 3.78. The molecule has 1 heterocycles. The number of halogens is 2. The van der Waals surface area contributed by atoms with E-state index >= 15 is 0 Å². The summed E-state index contributed by atoms with van der Waals surface area (Å²) in [5.74, 6) is -2.35. The van der Waals surface area contributed by atoms with Crippen molar-refractivity contribution in [2.45, 2.75) is 6.54 Å². The van der Waals surface area contributed by atoms with Gasteiger partial charge in [0.25, 0.3) is 5.96 Å². The summed E-state index contributed by atoms with van der Waals surface area (Å²) in [6.07, 6.45) is 0. The van der Waals surface area contributed by atoms with E-state index < -0.39 is 22.4 Å². The van der Waals surface area contributed by atoms with Crippen molar-refractivity contribution in [3.63, 3.8) is 0 Å². The van der Waals surface area contributed by atoms with Crippen molar-refractivity contribution in [3.05, 3.63) is 44.2 Å². The fourth-order valence-corrected chi connectivity index (χ4v) is 2.70. The lowest BCUT2D eigenvalue weighted by Gasteiger charge is -2.40. The highest BCUT2D eigenvalue weighted by Crippen LogP contribution is 2.25. The zero-order valence-corrected chi connectivity index (χ0v) is 13.7. The molecule has 0 saturated carbocycles. The Morgan fingerprint density at radius 3 is 2.71 bits per heavy atom. The van der Waals surface area contributed by atoms with Gasteiger partial charge in [-0.3, -0.25) is 4.90 Å². The molecule has 1 fully saturated rings. The summed E-state index contributed by atoms with van der Waals surface area (Å²) in [7, 11) is 3.38. The number of carboxylic acid groups (broad SMARTS) is 1. The van der Waals surface area contributed by atoms with Gasteiger partial charge in [0.05, 0.1) is 25.4 Å². The van der Waals surface area contributed by atoms with Gasteiger partial charge in [-0.2, -0.15) is 0 Å². The molecule has 1 aromatic carbocycles. The van der Waals surface area contributed by atoms with Crippen LogP contribution in [-0.4, -0.2) is 64.2 Å². The van der Waals surface area contributed by atoms with E-state index in [1.807, 2.05) is 4.90 Å². The Kier molecular flexibility index (Phi) is 5.20. The lowest BCUT2D eigenvalue weighted by molar-refractivity contribution is -0.486. The number of nitro groups is 1. The number of hydrogen-bond donors (Lipinski definition) is 1.